The molecule has 2 aliphatic heterocycles. The van der Waals surface area contributed by atoms with Crippen LogP contribution in [-0.4, -0.2) is 42.8 Å². The molecule has 4 nitrogen and oxygen atoms in total. The van der Waals surface area contributed by atoms with Crippen molar-refractivity contribution in [2.45, 2.75) is 39.7 Å². The number of piperidine rings is 1. The van der Waals surface area contributed by atoms with E-state index in [0.717, 1.165) is 32.6 Å². The Hall–Kier alpha value is -0.480. The lowest BCUT2D eigenvalue weighted by Gasteiger charge is -2.52. The first-order valence-corrected chi connectivity index (χ1v) is 6.51. The minimum Gasteiger partial charge on any atom is -0.444 e. The van der Waals surface area contributed by atoms with Crippen LogP contribution in [0, 0.1) is 11.3 Å². The Kier molecular flexibility index (Phi) is 4.55. The normalized spacial score (nSPS) is 26.2. The second kappa shape index (κ2) is 5.25. The highest BCUT2D eigenvalue weighted by Gasteiger charge is 2.46. The van der Waals surface area contributed by atoms with E-state index in [4.69, 9.17) is 4.74 Å². The SMILES string of the molecule is CC1CN(C(=O)OC(C)(C)C)CCC12CNC2.Cl. The van der Waals surface area contributed by atoms with Gasteiger partial charge in [0.05, 0.1) is 0 Å². The van der Waals surface area contributed by atoms with Crippen molar-refractivity contribution in [1.29, 1.82) is 0 Å². The first kappa shape index (κ1) is 15.6. The molecular formula is C13H25ClN2O2. The van der Waals surface area contributed by atoms with Crippen LogP contribution in [0.2, 0.25) is 0 Å². The summed E-state index contributed by atoms with van der Waals surface area (Å²) >= 11 is 0. The van der Waals surface area contributed by atoms with E-state index < -0.39 is 5.60 Å². The van der Waals surface area contributed by atoms with Crippen LogP contribution in [0.3, 0.4) is 0 Å². The number of ether oxygens (including phenoxy) is 1. The van der Waals surface area contributed by atoms with Crippen LogP contribution in [-0.2, 0) is 4.74 Å². The maximum atomic E-state index is 12.0. The van der Waals surface area contributed by atoms with Gasteiger partial charge in [-0.2, -0.15) is 0 Å². The molecule has 2 fully saturated rings. The van der Waals surface area contributed by atoms with E-state index in [9.17, 15) is 4.79 Å². The van der Waals surface area contributed by atoms with Crippen molar-refractivity contribution in [3.05, 3.63) is 0 Å². The third-order valence-electron chi connectivity index (χ3n) is 4.03. The quantitative estimate of drug-likeness (QED) is 0.738. The Morgan fingerprint density at radius 2 is 2.00 bits per heavy atom. The van der Waals surface area contributed by atoms with E-state index in [1.165, 1.54) is 0 Å². The Morgan fingerprint density at radius 3 is 2.39 bits per heavy atom. The fraction of sp³-hybridized carbons (Fsp3) is 0.923. The molecule has 1 spiro atoms. The maximum Gasteiger partial charge on any atom is 0.410 e. The number of nitrogens with zero attached hydrogens (tertiary/aromatic N) is 1. The standard InChI is InChI=1S/C13H24N2O2.ClH/c1-10-7-15(11(16)17-12(2,3)4)6-5-13(10)8-14-9-13;/h10,14H,5-9H2,1-4H3;1H. The molecular weight excluding hydrogens is 252 g/mol. The van der Waals surface area contributed by atoms with E-state index in [1.54, 1.807) is 0 Å². The van der Waals surface area contributed by atoms with Gasteiger partial charge in [0.2, 0.25) is 0 Å². The van der Waals surface area contributed by atoms with Crippen LogP contribution in [0.25, 0.3) is 0 Å². The van der Waals surface area contributed by atoms with E-state index >= 15 is 0 Å². The fourth-order valence-corrected chi connectivity index (χ4v) is 2.68. The second-order valence-electron chi connectivity index (χ2n) is 6.54. The number of nitrogens with one attached hydrogen (secondary N) is 1. The summed E-state index contributed by atoms with van der Waals surface area (Å²) in [4.78, 5) is 13.8. The highest BCUT2D eigenvalue weighted by molar-refractivity contribution is 5.85. The maximum absolute atomic E-state index is 12.0. The average molecular weight is 277 g/mol. The lowest BCUT2D eigenvalue weighted by molar-refractivity contribution is -0.0230. The van der Waals surface area contributed by atoms with E-state index in [1.807, 2.05) is 25.7 Å². The average Bonchev–Trinajstić information content (AvgIpc) is 2.12. The third-order valence-corrected chi connectivity index (χ3v) is 4.03. The van der Waals surface area contributed by atoms with Crippen molar-refractivity contribution < 1.29 is 9.53 Å². The Labute approximate surface area is 116 Å². The number of rotatable bonds is 0. The zero-order chi connectivity index (χ0) is 12.7. The molecule has 1 amide bonds. The minimum absolute atomic E-state index is 0. The number of hydrogen-bond donors (Lipinski definition) is 1. The van der Waals surface area contributed by atoms with Crippen LogP contribution in [0.1, 0.15) is 34.1 Å². The molecule has 2 rings (SSSR count). The van der Waals surface area contributed by atoms with Crippen LogP contribution >= 0.6 is 12.4 Å². The van der Waals surface area contributed by atoms with E-state index in [2.05, 4.69) is 12.2 Å². The van der Waals surface area contributed by atoms with E-state index in [-0.39, 0.29) is 18.5 Å². The molecule has 106 valence electrons. The molecule has 0 aromatic rings. The molecule has 0 saturated carbocycles. The predicted molar refractivity (Wildman–Crippen MR) is 74.1 cm³/mol. The van der Waals surface area contributed by atoms with Gasteiger partial charge in [0.25, 0.3) is 0 Å². The first-order chi connectivity index (χ1) is 7.82. The van der Waals surface area contributed by atoms with Gasteiger partial charge in [-0.25, -0.2) is 4.79 Å². The molecule has 0 aromatic carbocycles. The van der Waals surface area contributed by atoms with Gasteiger partial charge < -0.3 is 15.0 Å². The Bertz CT molecular complexity index is 311. The van der Waals surface area contributed by atoms with Gasteiger partial charge in [-0.3, -0.25) is 0 Å². The first-order valence-electron chi connectivity index (χ1n) is 6.51. The van der Waals surface area contributed by atoms with Crippen molar-refractivity contribution in [1.82, 2.24) is 10.2 Å². The van der Waals surface area contributed by atoms with Crippen LogP contribution in [0.5, 0.6) is 0 Å². The summed E-state index contributed by atoms with van der Waals surface area (Å²) in [5, 5.41) is 3.35. The summed E-state index contributed by atoms with van der Waals surface area (Å²) in [5.74, 6) is 0.560. The zero-order valence-corrected chi connectivity index (χ0v) is 12.6. The number of carbonyl (C=O) groups excluding carboxylic acids is 1. The van der Waals surface area contributed by atoms with Gasteiger partial charge in [0.1, 0.15) is 5.60 Å². The summed E-state index contributed by atoms with van der Waals surface area (Å²) in [6, 6.07) is 0. The zero-order valence-electron chi connectivity index (χ0n) is 11.8. The van der Waals surface area contributed by atoms with Gasteiger partial charge in [0.15, 0.2) is 0 Å². The third kappa shape index (κ3) is 3.09. The topological polar surface area (TPSA) is 41.6 Å². The molecule has 2 aliphatic rings. The summed E-state index contributed by atoms with van der Waals surface area (Å²) in [7, 11) is 0. The molecule has 0 aliphatic carbocycles. The molecule has 1 atom stereocenters. The second-order valence-corrected chi connectivity index (χ2v) is 6.54. The number of likely N-dealkylation sites (tertiary alicyclic amines) is 1. The molecule has 5 heteroatoms. The smallest absolute Gasteiger partial charge is 0.410 e. The monoisotopic (exact) mass is 276 g/mol. The van der Waals surface area contributed by atoms with E-state index in [0.29, 0.717) is 11.3 Å². The van der Waals surface area contributed by atoms with Gasteiger partial charge in [-0.15, -0.1) is 12.4 Å². The molecule has 0 bridgehead atoms. The minimum atomic E-state index is -0.395. The van der Waals surface area contributed by atoms with Crippen LogP contribution in [0.15, 0.2) is 0 Å². The molecule has 18 heavy (non-hydrogen) atoms. The highest BCUT2D eigenvalue weighted by Crippen LogP contribution is 2.39. The molecule has 1 N–H and O–H groups in total. The summed E-state index contributed by atoms with van der Waals surface area (Å²) in [6.45, 7) is 11.9. The van der Waals surface area contributed by atoms with Gasteiger partial charge in [-0.1, -0.05) is 6.92 Å². The largest absolute Gasteiger partial charge is 0.444 e. The number of amides is 1. The van der Waals surface area contributed by atoms with Gasteiger partial charge in [-0.05, 0) is 33.1 Å². The molecule has 2 heterocycles. The summed E-state index contributed by atoms with van der Waals surface area (Å²) < 4.78 is 5.42. The van der Waals surface area contributed by atoms with Crippen LogP contribution < -0.4 is 5.32 Å². The number of carbonyl (C=O) groups is 1. The van der Waals surface area contributed by atoms with Crippen molar-refractivity contribution in [3.8, 4) is 0 Å². The Morgan fingerprint density at radius 1 is 1.39 bits per heavy atom. The molecule has 2 saturated heterocycles. The molecule has 0 radical (unpaired) electrons. The van der Waals surface area contributed by atoms with Crippen molar-refractivity contribution in [2.24, 2.45) is 11.3 Å². The van der Waals surface area contributed by atoms with Gasteiger partial charge in [0, 0.05) is 31.6 Å². The Balaban J connectivity index is 0.00000162. The summed E-state index contributed by atoms with van der Waals surface area (Å²) in [5.41, 5.74) is 0.0476. The molecule has 1 unspecified atom stereocenters. The van der Waals surface area contributed by atoms with Crippen LogP contribution in [0.4, 0.5) is 4.79 Å². The van der Waals surface area contributed by atoms with Crippen molar-refractivity contribution in [2.75, 3.05) is 26.2 Å². The lowest BCUT2D eigenvalue weighted by Crippen LogP contribution is -2.63. The number of halogens is 1. The number of hydrogen-bond acceptors (Lipinski definition) is 3. The van der Waals surface area contributed by atoms with Gasteiger partial charge >= 0.3 is 6.09 Å². The lowest BCUT2D eigenvalue weighted by atomic mass is 9.67. The highest BCUT2D eigenvalue weighted by atomic mass is 35.5. The predicted octanol–water partition coefficient (Wildman–Crippen LogP) is 2.27. The molecule has 0 aromatic heterocycles. The van der Waals surface area contributed by atoms with Crippen molar-refractivity contribution in [3.63, 3.8) is 0 Å². The van der Waals surface area contributed by atoms with Crippen molar-refractivity contribution >= 4 is 18.5 Å². The fourth-order valence-electron chi connectivity index (χ4n) is 2.68. The summed E-state index contributed by atoms with van der Waals surface area (Å²) in [6.07, 6.45) is 0.937.